The molecule has 0 radical (unpaired) electrons. The molecule has 1 unspecified atom stereocenters. The number of nitrogens with zero attached hydrogens (tertiary/aromatic N) is 1. The van der Waals surface area contributed by atoms with Gasteiger partial charge in [-0.15, -0.1) is 24.0 Å². The minimum Gasteiger partial charge on any atom is -0.376 e. The van der Waals surface area contributed by atoms with E-state index in [4.69, 9.17) is 4.74 Å². The molecule has 0 aromatic rings. The fourth-order valence-electron chi connectivity index (χ4n) is 1.95. The van der Waals surface area contributed by atoms with Crippen molar-refractivity contribution < 1.29 is 13.2 Å². The van der Waals surface area contributed by atoms with Gasteiger partial charge >= 0.3 is 0 Å². The van der Waals surface area contributed by atoms with Gasteiger partial charge in [-0.05, 0) is 33.1 Å². The summed E-state index contributed by atoms with van der Waals surface area (Å²) in [6, 6.07) is 0. The monoisotopic (exact) mass is 448 g/mol. The van der Waals surface area contributed by atoms with E-state index in [9.17, 15) is 8.42 Å². The number of rotatable bonds is 9. The number of aliphatic imine (C=N–C) groups is 1. The highest BCUT2D eigenvalue weighted by Gasteiger charge is 2.14. The van der Waals surface area contributed by atoms with Crippen LogP contribution in [0.2, 0.25) is 0 Å². The fourth-order valence-corrected chi connectivity index (χ4v) is 2.61. The normalized spacial score (nSPS) is 18.8. The zero-order chi connectivity index (χ0) is 15.6. The number of ether oxygens (including phenoxy) is 1. The second-order valence-corrected chi connectivity index (χ2v) is 7.03. The molecule has 1 fully saturated rings. The fraction of sp³-hybridized carbons (Fsp3) is 0.923. The Bertz CT molecular complexity index is 412. The molecule has 7 nitrogen and oxygen atoms in total. The number of hydrogen-bond acceptors (Lipinski definition) is 4. The zero-order valence-corrected chi connectivity index (χ0v) is 16.6. The largest absolute Gasteiger partial charge is 0.376 e. The van der Waals surface area contributed by atoms with E-state index in [2.05, 4.69) is 20.3 Å². The van der Waals surface area contributed by atoms with Crippen LogP contribution in [0.5, 0.6) is 0 Å². The summed E-state index contributed by atoms with van der Waals surface area (Å²) in [4.78, 5) is 4.49. The molecule has 0 amide bonds. The Kier molecular flexibility index (Phi) is 12.2. The first-order chi connectivity index (χ1) is 10.1. The smallest absolute Gasteiger partial charge is 0.211 e. The summed E-state index contributed by atoms with van der Waals surface area (Å²) in [5.74, 6) is 0.873. The molecule has 0 aromatic carbocycles. The topological polar surface area (TPSA) is 91.8 Å². The molecule has 0 aromatic heterocycles. The summed E-state index contributed by atoms with van der Waals surface area (Å²) in [6.07, 6.45) is 3.13. The summed E-state index contributed by atoms with van der Waals surface area (Å²) >= 11 is 0. The molecule has 3 N–H and O–H groups in total. The minimum absolute atomic E-state index is 0. The third-order valence-electron chi connectivity index (χ3n) is 3.17. The third-order valence-corrected chi connectivity index (χ3v) is 4.57. The van der Waals surface area contributed by atoms with Crippen LogP contribution in [-0.4, -0.2) is 59.0 Å². The van der Waals surface area contributed by atoms with Crippen molar-refractivity contribution in [1.29, 1.82) is 0 Å². The lowest BCUT2D eigenvalue weighted by atomic mass is 10.2. The Labute approximate surface area is 151 Å². The first kappa shape index (κ1) is 21.9. The number of halogens is 1. The van der Waals surface area contributed by atoms with Gasteiger partial charge in [-0.2, -0.15) is 0 Å². The molecule has 1 aliphatic rings. The molecule has 132 valence electrons. The van der Waals surface area contributed by atoms with Crippen LogP contribution < -0.4 is 15.4 Å². The van der Waals surface area contributed by atoms with Crippen molar-refractivity contribution in [2.24, 2.45) is 4.99 Å². The molecule has 0 aliphatic carbocycles. The lowest BCUT2D eigenvalue weighted by Gasteiger charge is -2.13. The van der Waals surface area contributed by atoms with E-state index in [-0.39, 0.29) is 35.8 Å². The van der Waals surface area contributed by atoms with Crippen molar-refractivity contribution in [3.05, 3.63) is 0 Å². The first-order valence-electron chi connectivity index (χ1n) is 7.68. The maximum absolute atomic E-state index is 11.3. The Morgan fingerprint density at radius 2 is 2.05 bits per heavy atom. The van der Waals surface area contributed by atoms with Gasteiger partial charge in [0.15, 0.2) is 5.96 Å². The Morgan fingerprint density at radius 3 is 2.64 bits per heavy atom. The maximum Gasteiger partial charge on any atom is 0.211 e. The third kappa shape index (κ3) is 9.80. The summed E-state index contributed by atoms with van der Waals surface area (Å²) < 4.78 is 30.6. The molecule has 1 aliphatic heterocycles. The number of sulfonamides is 1. The van der Waals surface area contributed by atoms with Gasteiger partial charge in [0.2, 0.25) is 10.0 Å². The van der Waals surface area contributed by atoms with Crippen molar-refractivity contribution >= 4 is 40.0 Å². The van der Waals surface area contributed by atoms with Crippen molar-refractivity contribution in [2.45, 2.75) is 39.2 Å². The highest BCUT2D eigenvalue weighted by Crippen LogP contribution is 2.11. The van der Waals surface area contributed by atoms with Gasteiger partial charge in [-0.3, -0.25) is 4.99 Å². The summed E-state index contributed by atoms with van der Waals surface area (Å²) in [5, 5.41) is 6.37. The molecule has 0 spiro atoms. The quantitative estimate of drug-likeness (QED) is 0.209. The second kappa shape index (κ2) is 12.3. The van der Waals surface area contributed by atoms with E-state index in [0.717, 1.165) is 32.0 Å². The van der Waals surface area contributed by atoms with Crippen LogP contribution >= 0.6 is 24.0 Å². The standard InChI is InChI=1S/C13H28N4O3S.HI/c1-3-14-13(16-11-12-7-5-10-20-12)15-8-6-9-17-21(18,19)4-2;/h12,17H,3-11H2,1-2H3,(H2,14,15,16);1H. The van der Waals surface area contributed by atoms with Crippen molar-refractivity contribution in [1.82, 2.24) is 15.4 Å². The molecule has 0 saturated carbocycles. The number of hydrogen-bond donors (Lipinski definition) is 3. The van der Waals surface area contributed by atoms with E-state index in [1.165, 1.54) is 0 Å². The van der Waals surface area contributed by atoms with Crippen LogP contribution in [0.1, 0.15) is 33.1 Å². The Balaban J connectivity index is 0.00000441. The second-order valence-electron chi connectivity index (χ2n) is 4.93. The number of nitrogens with one attached hydrogen (secondary N) is 3. The molecule has 1 saturated heterocycles. The van der Waals surface area contributed by atoms with E-state index < -0.39 is 10.0 Å². The molecule has 9 heteroatoms. The average molecular weight is 448 g/mol. The summed E-state index contributed by atoms with van der Waals surface area (Å²) in [6.45, 7) is 7.04. The molecule has 1 rings (SSSR count). The molecule has 1 atom stereocenters. The lowest BCUT2D eigenvalue weighted by molar-refractivity contribution is 0.117. The Morgan fingerprint density at radius 1 is 1.27 bits per heavy atom. The summed E-state index contributed by atoms with van der Waals surface area (Å²) in [5.41, 5.74) is 0. The van der Waals surface area contributed by atoms with E-state index in [1.807, 2.05) is 6.92 Å². The van der Waals surface area contributed by atoms with E-state index in [0.29, 0.717) is 26.1 Å². The van der Waals surface area contributed by atoms with Gasteiger partial charge in [0.1, 0.15) is 0 Å². The van der Waals surface area contributed by atoms with Crippen LogP contribution in [0.25, 0.3) is 0 Å². The van der Waals surface area contributed by atoms with Crippen LogP contribution in [0.15, 0.2) is 4.99 Å². The molecular weight excluding hydrogens is 419 g/mol. The minimum atomic E-state index is -3.09. The number of guanidine groups is 1. The maximum atomic E-state index is 11.3. The molecule has 1 heterocycles. The summed E-state index contributed by atoms with van der Waals surface area (Å²) in [7, 11) is -3.09. The first-order valence-corrected chi connectivity index (χ1v) is 9.33. The van der Waals surface area contributed by atoms with Crippen molar-refractivity contribution in [3.63, 3.8) is 0 Å². The molecule has 0 bridgehead atoms. The molecule has 22 heavy (non-hydrogen) atoms. The lowest BCUT2D eigenvalue weighted by Crippen LogP contribution is -2.39. The van der Waals surface area contributed by atoms with Crippen molar-refractivity contribution in [2.75, 3.05) is 38.5 Å². The predicted octanol–water partition coefficient (Wildman–Crippen LogP) is 0.668. The zero-order valence-electron chi connectivity index (χ0n) is 13.4. The van der Waals surface area contributed by atoms with Gasteiger partial charge in [-0.25, -0.2) is 13.1 Å². The Hall–Kier alpha value is -0.130. The van der Waals surface area contributed by atoms with E-state index >= 15 is 0 Å². The van der Waals surface area contributed by atoms with Crippen LogP contribution in [0.3, 0.4) is 0 Å². The van der Waals surface area contributed by atoms with Gasteiger partial charge in [0, 0.05) is 26.2 Å². The van der Waals surface area contributed by atoms with Crippen LogP contribution in [0, 0.1) is 0 Å². The average Bonchev–Trinajstić information content (AvgIpc) is 2.97. The van der Waals surface area contributed by atoms with Gasteiger partial charge in [-0.1, -0.05) is 0 Å². The van der Waals surface area contributed by atoms with Crippen LogP contribution in [-0.2, 0) is 14.8 Å². The van der Waals surface area contributed by atoms with Gasteiger partial charge < -0.3 is 15.4 Å². The van der Waals surface area contributed by atoms with E-state index in [1.54, 1.807) is 6.92 Å². The highest BCUT2D eigenvalue weighted by molar-refractivity contribution is 14.0. The predicted molar refractivity (Wildman–Crippen MR) is 100 cm³/mol. The van der Waals surface area contributed by atoms with Crippen LogP contribution in [0.4, 0.5) is 0 Å². The SMILES string of the molecule is CCNC(=NCC1CCCO1)NCCCNS(=O)(=O)CC.I. The van der Waals surface area contributed by atoms with Crippen molar-refractivity contribution in [3.8, 4) is 0 Å². The highest BCUT2D eigenvalue weighted by atomic mass is 127. The molecular formula is C13H29IN4O3S. The van der Waals surface area contributed by atoms with Gasteiger partial charge in [0.25, 0.3) is 0 Å². The van der Waals surface area contributed by atoms with Gasteiger partial charge in [0.05, 0.1) is 18.4 Å².